The largest absolute Gasteiger partial charge is 0.495 e. The third-order valence-corrected chi connectivity index (χ3v) is 7.06. The first-order chi connectivity index (χ1) is 12.4. The van der Waals surface area contributed by atoms with E-state index in [1.807, 2.05) is 6.92 Å². The van der Waals surface area contributed by atoms with E-state index in [0.29, 0.717) is 6.54 Å². The summed E-state index contributed by atoms with van der Waals surface area (Å²) in [5, 5.41) is 0. The second kappa shape index (κ2) is 7.36. The Bertz CT molecular complexity index is 805. The van der Waals surface area contributed by atoms with Crippen LogP contribution in [0.5, 0.6) is 5.75 Å². The van der Waals surface area contributed by atoms with Gasteiger partial charge in [0.1, 0.15) is 10.6 Å². The van der Waals surface area contributed by atoms with E-state index in [-0.39, 0.29) is 47.0 Å². The molecule has 1 unspecified atom stereocenters. The molecule has 2 amide bonds. The van der Waals surface area contributed by atoms with Gasteiger partial charge in [0, 0.05) is 25.4 Å². The van der Waals surface area contributed by atoms with Gasteiger partial charge >= 0.3 is 0 Å². The summed E-state index contributed by atoms with van der Waals surface area (Å²) in [4.78, 5) is 25.1. The van der Waals surface area contributed by atoms with Crippen LogP contribution >= 0.6 is 0 Å². The van der Waals surface area contributed by atoms with Crippen molar-refractivity contribution in [1.82, 2.24) is 4.31 Å². The molecule has 0 saturated carbocycles. The average Bonchev–Trinajstić information content (AvgIpc) is 2.99. The maximum Gasteiger partial charge on any atom is 0.247 e. The van der Waals surface area contributed by atoms with Gasteiger partial charge in [0.15, 0.2) is 0 Å². The molecule has 0 radical (unpaired) electrons. The third kappa shape index (κ3) is 3.23. The molecule has 0 spiro atoms. The highest BCUT2D eigenvalue weighted by molar-refractivity contribution is 7.89. The van der Waals surface area contributed by atoms with E-state index in [4.69, 9.17) is 4.74 Å². The van der Waals surface area contributed by atoms with Gasteiger partial charge in [0.2, 0.25) is 21.8 Å². The van der Waals surface area contributed by atoms with Crippen molar-refractivity contribution in [3.8, 4) is 5.75 Å². The average molecular weight is 380 g/mol. The molecule has 0 aliphatic carbocycles. The van der Waals surface area contributed by atoms with Crippen LogP contribution in [-0.4, -0.2) is 44.2 Å². The van der Waals surface area contributed by atoms with E-state index in [0.717, 1.165) is 30.6 Å². The number of carbonyl (C=O) groups excluding carboxylic acids is 2. The van der Waals surface area contributed by atoms with Crippen molar-refractivity contribution in [3.63, 3.8) is 0 Å². The van der Waals surface area contributed by atoms with Gasteiger partial charge in [-0.3, -0.25) is 14.5 Å². The molecular formula is C18H24N2O5S. The number of amides is 2. The van der Waals surface area contributed by atoms with E-state index >= 15 is 0 Å². The summed E-state index contributed by atoms with van der Waals surface area (Å²) in [5.41, 5.74) is 0.280. The van der Waals surface area contributed by atoms with Gasteiger partial charge in [-0.05, 0) is 37.5 Å². The number of hydrogen-bond acceptors (Lipinski definition) is 5. The molecule has 142 valence electrons. The first kappa shape index (κ1) is 18.8. The lowest BCUT2D eigenvalue weighted by atomic mass is 10.0. The highest BCUT2D eigenvalue weighted by Crippen LogP contribution is 2.35. The van der Waals surface area contributed by atoms with Gasteiger partial charge < -0.3 is 4.74 Å². The van der Waals surface area contributed by atoms with Crippen molar-refractivity contribution in [2.45, 2.75) is 56.4 Å². The smallest absolute Gasteiger partial charge is 0.247 e. The van der Waals surface area contributed by atoms with Crippen LogP contribution in [0.1, 0.15) is 45.4 Å². The lowest BCUT2D eigenvalue weighted by molar-refractivity contribution is -0.121. The fourth-order valence-corrected chi connectivity index (χ4v) is 5.64. The van der Waals surface area contributed by atoms with E-state index in [2.05, 4.69) is 0 Å². The summed E-state index contributed by atoms with van der Waals surface area (Å²) < 4.78 is 33.4. The molecule has 2 saturated heterocycles. The number of methoxy groups -OCH3 is 1. The summed E-state index contributed by atoms with van der Waals surface area (Å²) in [5.74, 6) is -0.408. The second-order valence-corrected chi connectivity index (χ2v) is 8.49. The van der Waals surface area contributed by atoms with Crippen LogP contribution in [0.25, 0.3) is 0 Å². The third-order valence-electron chi connectivity index (χ3n) is 5.09. The molecule has 2 aliphatic heterocycles. The maximum atomic E-state index is 13.3. The van der Waals surface area contributed by atoms with Crippen molar-refractivity contribution < 1.29 is 22.7 Å². The number of piperidine rings is 1. The molecule has 1 aromatic carbocycles. The summed E-state index contributed by atoms with van der Waals surface area (Å²) in [6.07, 6.45) is 3.71. The van der Waals surface area contributed by atoms with Crippen LogP contribution < -0.4 is 9.64 Å². The fraction of sp³-hybridized carbons (Fsp3) is 0.556. The van der Waals surface area contributed by atoms with Crippen molar-refractivity contribution in [2.24, 2.45) is 0 Å². The number of sulfonamides is 1. The minimum Gasteiger partial charge on any atom is -0.495 e. The topological polar surface area (TPSA) is 84.0 Å². The van der Waals surface area contributed by atoms with Gasteiger partial charge in [0.25, 0.3) is 0 Å². The number of ether oxygens (including phenoxy) is 1. The highest BCUT2D eigenvalue weighted by atomic mass is 32.2. The van der Waals surface area contributed by atoms with Crippen molar-refractivity contribution in [3.05, 3.63) is 18.2 Å². The first-order valence-corrected chi connectivity index (χ1v) is 10.4. The van der Waals surface area contributed by atoms with Gasteiger partial charge in [-0.25, -0.2) is 8.42 Å². The Hall–Kier alpha value is -1.93. The molecule has 2 heterocycles. The highest BCUT2D eigenvalue weighted by Gasteiger charge is 2.36. The Kier molecular flexibility index (Phi) is 5.34. The predicted molar refractivity (Wildman–Crippen MR) is 96.5 cm³/mol. The van der Waals surface area contributed by atoms with Gasteiger partial charge in [-0.15, -0.1) is 0 Å². The summed E-state index contributed by atoms with van der Waals surface area (Å²) in [6, 6.07) is 4.40. The van der Waals surface area contributed by atoms with Crippen LogP contribution in [0.15, 0.2) is 23.1 Å². The quantitative estimate of drug-likeness (QED) is 0.732. The molecule has 0 bridgehead atoms. The zero-order chi connectivity index (χ0) is 18.9. The summed E-state index contributed by atoms with van der Waals surface area (Å²) >= 11 is 0. The fourth-order valence-electron chi connectivity index (χ4n) is 3.70. The van der Waals surface area contributed by atoms with Crippen molar-refractivity contribution in [1.29, 1.82) is 0 Å². The van der Waals surface area contributed by atoms with Crippen LogP contribution in [-0.2, 0) is 19.6 Å². The van der Waals surface area contributed by atoms with Gasteiger partial charge in [-0.1, -0.05) is 13.3 Å². The van der Waals surface area contributed by atoms with Crippen LogP contribution in [0.3, 0.4) is 0 Å². The standard InChI is InChI=1S/C18H24N2O5S/c1-3-13-6-4-5-11-19(13)26(23,24)16-12-14(7-8-15(16)25-2)20-17(21)9-10-18(20)22/h7-8,12-13H,3-6,9-11H2,1-2H3. The second-order valence-electron chi connectivity index (χ2n) is 6.63. The Morgan fingerprint density at radius 1 is 1.15 bits per heavy atom. The Morgan fingerprint density at radius 2 is 1.85 bits per heavy atom. The van der Waals surface area contributed by atoms with Crippen LogP contribution in [0.2, 0.25) is 0 Å². The lowest BCUT2D eigenvalue weighted by Crippen LogP contribution is -2.43. The SMILES string of the molecule is CCC1CCCCN1S(=O)(=O)c1cc(N2C(=O)CCC2=O)ccc1OC. The zero-order valence-electron chi connectivity index (χ0n) is 15.1. The lowest BCUT2D eigenvalue weighted by Gasteiger charge is -2.34. The summed E-state index contributed by atoms with van der Waals surface area (Å²) in [7, 11) is -2.38. The maximum absolute atomic E-state index is 13.3. The molecule has 7 nitrogen and oxygen atoms in total. The van der Waals surface area contributed by atoms with Crippen molar-refractivity contribution >= 4 is 27.5 Å². The van der Waals surface area contributed by atoms with E-state index in [1.54, 1.807) is 6.07 Å². The van der Waals surface area contributed by atoms with E-state index in [9.17, 15) is 18.0 Å². The Balaban J connectivity index is 2.06. The molecule has 2 fully saturated rings. The van der Waals surface area contributed by atoms with Crippen molar-refractivity contribution in [2.75, 3.05) is 18.6 Å². The van der Waals surface area contributed by atoms with Crippen LogP contribution in [0.4, 0.5) is 5.69 Å². The number of imide groups is 1. The first-order valence-electron chi connectivity index (χ1n) is 8.95. The van der Waals surface area contributed by atoms with E-state index in [1.165, 1.54) is 23.5 Å². The van der Waals surface area contributed by atoms with E-state index < -0.39 is 10.0 Å². The molecule has 1 atom stereocenters. The molecular weight excluding hydrogens is 356 g/mol. The molecule has 8 heteroatoms. The molecule has 0 aromatic heterocycles. The number of rotatable bonds is 5. The number of hydrogen-bond donors (Lipinski definition) is 0. The molecule has 2 aliphatic rings. The minimum absolute atomic E-state index is 0.00495. The number of anilines is 1. The Labute approximate surface area is 154 Å². The number of nitrogens with zero attached hydrogens (tertiary/aromatic N) is 2. The van der Waals surface area contributed by atoms with Gasteiger partial charge in [-0.2, -0.15) is 4.31 Å². The monoisotopic (exact) mass is 380 g/mol. The molecule has 1 aromatic rings. The van der Waals surface area contributed by atoms with Gasteiger partial charge in [0.05, 0.1) is 12.8 Å². The predicted octanol–water partition coefficient (Wildman–Crippen LogP) is 2.30. The molecule has 0 N–H and O–H groups in total. The molecule has 26 heavy (non-hydrogen) atoms. The minimum atomic E-state index is -3.79. The number of carbonyl (C=O) groups is 2. The Morgan fingerprint density at radius 3 is 2.46 bits per heavy atom. The zero-order valence-corrected chi connectivity index (χ0v) is 15.9. The summed E-state index contributed by atoms with van der Waals surface area (Å²) in [6.45, 7) is 2.45. The van der Waals surface area contributed by atoms with Crippen LogP contribution in [0, 0.1) is 0 Å². The number of benzene rings is 1. The normalized spacial score (nSPS) is 22.1. The molecule has 3 rings (SSSR count).